The van der Waals surface area contributed by atoms with Gasteiger partial charge in [-0.1, -0.05) is 159 Å². The first-order chi connectivity index (χ1) is 17.0. The molecule has 0 radical (unpaired) electrons. The number of rotatable bonds is 2. The van der Waals surface area contributed by atoms with Crippen LogP contribution in [0.3, 0.4) is 0 Å². The van der Waals surface area contributed by atoms with Crippen molar-refractivity contribution in [1.82, 2.24) is 0 Å². The Hall–Kier alpha value is 1.42. The summed E-state index contributed by atoms with van der Waals surface area (Å²) in [6.45, 7) is 0. The van der Waals surface area contributed by atoms with Crippen LogP contribution in [-0.2, 0) is 0 Å². The summed E-state index contributed by atoms with van der Waals surface area (Å²) in [6, 6.07) is 16.9. The van der Waals surface area contributed by atoms with Gasteiger partial charge in [0.05, 0.1) is 0 Å². The fourth-order valence-corrected chi connectivity index (χ4v) is 12.5. The maximum absolute atomic E-state index is 3.91. The van der Waals surface area contributed by atoms with Crippen molar-refractivity contribution < 1.29 is 0 Å². The van der Waals surface area contributed by atoms with Gasteiger partial charge in [-0.15, -0.1) is 0 Å². The predicted molar refractivity (Wildman–Crippen MR) is 189 cm³/mol. The molecule has 0 aliphatic heterocycles. The fraction of sp³-hybridized carbons (Fsp3) is 0. The van der Waals surface area contributed by atoms with E-state index in [9.17, 15) is 0 Å². The molecule has 5 aromatic rings. The van der Waals surface area contributed by atoms with Gasteiger partial charge in [-0.2, -0.15) is 0 Å². The van der Waals surface area contributed by atoms with E-state index in [0.717, 1.165) is 88.5 Å². The molecule has 0 heterocycles. The van der Waals surface area contributed by atoms with E-state index < -0.39 is 0 Å². The monoisotopic (exact) mass is 1110 g/mol. The molecule has 182 valence electrons. The summed E-state index contributed by atoms with van der Waals surface area (Å²) < 4.78 is 9.83. The van der Waals surface area contributed by atoms with Gasteiger partial charge in [0.2, 0.25) is 0 Å². The first kappa shape index (κ1) is 28.9. The van der Waals surface area contributed by atoms with Crippen LogP contribution in [0.25, 0.3) is 43.8 Å². The van der Waals surface area contributed by atoms with Gasteiger partial charge >= 0.3 is 0 Å². The average molecular weight is 1120 g/mol. The molecule has 0 N–H and O–H groups in total. The van der Waals surface area contributed by atoms with Crippen LogP contribution in [0, 0.1) is 0 Å². The van der Waals surface area contributed by atoms with Gasteiger partial charge in [-0.25, -0.2) is 0 Å². The second kappa shape index (κ2) is 11.4. The molecule has 0 saturated heterocycles. The topological polar surface area (TPSA) is 0 Å². The van der Waals surface area contributed by atoms with Gasteiger partial charge in [0, 0.05) is 77.8 Å². The lowest BCUT2D eigenvalue weighted by Gasteiger charge is -2.24. The molecule has 0 atom stereocenters. The quantitative estimate of drug-likeness (QED) is 0.155. The third-order valence-electron chi connectivity index (χ3n) is 5.66. The van der Waals surface area contributed by atoms with Gasteiger partial charge in [0.25, 0.3) is 0 Å². The molecular formula is C26H8Br10. The smallest absolute Gasteiger partial charge is 0.0276 e. The van der Waals surface area contributed by atoms with Crippen LogP contribution >= 0.6 is 159 Å². The maximum Gasteiger partial charge on any atom is 0.0276 e. The van der Waals surface area contributed by atoms with E-state index in [4.69, 9.17) is 0 Å². The van der Waals surface area contributed by atoms with Crippen LogP contribution in [0.4, 0.5) is 0 Å². The molecule has 0 unspecified atom stereocenters. The van der Waals surface area contributed by atoms with E-state index in [2.05, 4.69) is 208 Å². The van der Waals surface area contributed by atoms with Gasteiger partial charge in [-0.05, 0) is 59.3 Å². The normalized spacial score (nSPS) is 11.6. The van der Waals surface area contributed by atoms with Gasteiger partial charge in [0.1, 0.15) is 0 Å². The predicted octanol–water partition coefficient (Wildman–Crippen LogP) is 15.0. The van der Waals surface area contributed by atoms with Gasteiger partial charge in [-0.3, -0.25) is 0 Å². The van der Waals surface area contributed by atoms with Gasteiger partial charge < -0.3 is 0 Å². The zero-order valence-electron chi connectivity index (χ0n) is 17.4. The van der Waals surface area contributed by atoms with E-state index in [0.29, 0.717) is 0 Å². The highest BCUT2D eigenvalue weighted by atomic mass is 79.9. The van der Waals surface area contributed by atoms with Crippen molar-refractivity contribution in [2.75, 3.05) is 0 Å². The maximum atomic E-state index is 3.91. The van der Waals surface area contributed by atoms with Crippen molar-refractivity contribution in [3.05, 3.63) is 93.3 Å². The Morgan fingerprint density at radius 2 is 0.528 bits per heavy atom. The zero-order chi connectivity index (χ0) is 26.0. The largest absolute Gasteiger partial charge is 0.0508 e. The summed E-state index contributed by atoms with van der Waals surface area (Å²) >= 11 is 38.0. The molecule has 10 heteroatoms. The molecule has 0 spiro atoms. The Bertz CT molecular complexity index is 1570. The second-order valence-electron chi connectivity index (χ2n) is 7.86. The Kier molecular flexibility index (Phi) is 9.13. The first-order valence-electron chi connectivity index (χ1n) is 10.0. The van der Waals surface area contributed by atoms with Crippen LogP contribution in [0.15, 0.2) is 93.3 Å². The third-order valence-corrected chi connectivity index (χ3v) is 11.2. The lowest BCUT2D eigenvalue weighted by atomic mass is 9.85. The van der Waals surface area contributed by atoms with Crippen molar-refractivity contribution in [1.29, 1.82) is 0 Å². The summed E-state index contributed by atoms with van der Waals surface area (Å²) in [5, 5.41) is 4.46. The number of fused-ring (bicyclic) bond motifs is 3. The van der Waals surface area contributed by atoms with Crippen LogP contribution in [0.1, 0.15) is 0 Å². The summed E-state index contributed by atoms with van der Waals surface area (Å²) in [6.07, 6.45) is 0. The Morgan fingerprint density at radius 1 is 0.278 bits per heavy atom. The fourth-order valence-electron chi connectivity index (χ4n) is 4.39. The Balaban J connectivity index is 2.20. The average Bonchev–Trinajstić information content (AvgIpc) is 2.73. The van der Waals surface area contributed by atoms with Crippen LogP contribution < -0.4 is 0 Å². The summed E-state index contributed by atoms with van der Waals surface area (Å²) in [4.78, 5) is 0. The molecule has 0 nitrogen and oxygen atoms in total. The van der Waals surface area contributed by atoms with Crippen LogP contribution in [0.5, 0.6) is 0 Å². The minimum absolute atomic E-state index is 0.970. The lowest BCUT2D eigenvalue weighted by molar-refractivity contribution is 1.50. The molecule has 0 amide bonds. The summed E-state index contributed by atoms with van der Waals surface area (Å²) in [7, 11) is 0. The van der Waals surface area contributed by atoms with Crippen molar-refractivity contribution in [2.45, 2.75) is 0 Å². The van der Waals surface area contributed by atoms with Crippen molar-refractivity contribution in [3.8, 4) is 22.3 Å². The highest BCUT2D eigenvalue weighted by Gasteiger charge is 2.27. The summed E-state index contributed by atoms with van der Waals surface area (Å²) in [5.41, 5.74) is 4.30. The van der Waals surface area contributed by atoms with Crippen molar-refractivity contribution in [2.24, 2.45) is 0 Å². The molecule has 0 saturated carbocycles. The van der Waals surface area contributed by atoms with Gasteiger partial charge in [0.15, 0.2) is 0 Å². The highest BCUT2D eigenvalue weighted by Crippen LogP contribution is 2.55. The standard InChI is InChI=1S/C26H8Br10/c27-9-1-13-14-2-10(28)4-16(32)22(14)26(24-19(35)7-12(30)8-20(24)36)25(21(13)15(31)3-9)23-17(33)5-11(29)6-18(23)34/h1-8H. The molecule has 36 heavy (non-hydrogen) atoms. The molecule has 0 aliphatic rings. The van der Waals surface area contributed by atoms with E-state index in [1.165, 1.54) is 0 Å². The van der Waals surface area contributed by atoms with Crippen LogP contribution in [-0.4, -0.2) is 0 Å². The molecule has 5 rings (SSSR count). The van der Waals surface area contributed by atoms with E-state index >= 15 is 0 Å². The van der Waals surface area contributed by atoms with E-state index in [-0.39, 0.29) is 0 Å². The third kappa shape index (κ3) is 5.25. The molecular weight excluding hydrogens is 1110 g/mol. The lowest BCUT2D eigenvalue weighted by Crippen LogP contribution is -1.97. The van der Waals surface area contributed by atoms with Crippen LogP contribution in [0.2, 0.25) is 0 Å². The molecule has 0 aliphatic carbocycles. The summed E-state index contributed by atoms with van der Waals surface area (Å²) in [5.74, 6) is 0. The number of hydrogen-bond donors (Lipinski definition) is 0. The second-order valence-corrected chi connectivity index (χ2v) is 16.6. The first-order valence-corrected chi connectivity index (χ1v) is 17.9. The SMILES string of the molecule is Brc1cc(Br)c(-c2c(-c3c(Br)cc(Br)cc3Br)c3c(Br)cc(Br)cc3c3cc(Br)cc(Br)c23)c(Br)c1. The highest BCUT2D eigenvalue weighted by molar-refractivity contribution is 9.12. The molecule has 0 bridgehead atoms. The Morgan fingerprint density at radius 3 is 0.833 bits per heavy atom. The Labute approximate surface area is 292 Å². The van der Waals surface area contributed by atoms with E-state index in [1.54, 1.807) is 0 Å². The number of hydrogen-bond acceptors (Lipinski definition) is 0. The minimum atomic E-state index is 0.970. The minimum Gasteiger partial charge on any atom is -0.0508 e. The van der Waals surface area contributed by atoms with E-state index in [1.807, 2.05) is 0 Å². The molecule has 0 fully saturated rings. The van der Waals surface area contributed by atoms with Crippen molar-refractivity contribution >= 4 is 181 Å². The zero-order valence-corrected chi connectivity index (χ0v) is 33.3. The number of benzene rings is 5. The van der Waals surface area contributed by atoms with Crippen molar-refractivity contribution in [3.63, 3.8) is 0 Å². The molecule has 5 aromatic carbocycles. The molecule has 0 aromatic heterocycles. The number of halogens is 10.